The summed E-state index contributed by atoms with van der Waals surface area (Å²) in [5.74, 6) is -0.707. The Kier molecular flexibility index (Phi) is 4.38. The van der Waals surface area contributed by atoms with E-state index in [1.165, 1.54) is 0 Å². The maximum atomic E-state index is 12.5. The van der Waals surface area contributed by atoms with Gasteiger partial charge in [0.2, 0.25) is 5.91 Å². The van der Waals surface area contributed by atoms with Gasteiger partial charge < -0.3 is 5.32 Å². The second kappa shape index (κ2) is 5.76. The van der Waals surface area contributed by atoms with Gasteiger partial charge in [-0.3, -0.25) is 14.9 Å². The molecule has 1 aliphatic rings. The highest BCUT2D eigenvalue weighted by Crippen LogP contribution is 2.36. The Morgan fingerprint density at radius 1 is 1.33 bits per heavy atom. The van der Waals surface area contributed by atoms with Gasteiger partial charge in [0, 0.05) is 24.2 Å². The average molecular weight is 354 g/mol. The molecule has 1 aromatic carbocycles. The number of hydrogen-bond acceptors (Lipinski definition) is 6. The fourth-order valence-electron chi connectivity index (χ4n) is 1.89. The maximum Gasteiger partial charge on any atom is 0.292 e. The largest absolute Gasteiger partial charge is 0.307 e. The van der Waals surface area contributed by atoms with Crippen LogP contribution in [0.1, 0.15) is 0 Å². The molecule has 1 saturated heterocycles. The Morgan fingerprint density at radius 2 is 2.00 bits per heavy atom. The number of carbonyl (C=O) groups excluding carboxylic acids is 1. The normalized spacial score (nSPS) is 16.1. The molecule has 11 heteroatoms. The summed E-state index contributed by atoms with van der Waals surface area (Å²) in [5, 5.41) is 13.3. The number of nitro groups is 1. The van der Waals surface area contributed by atoms with Crippen LogP contribution in [0.4, 0.5) is 5.69 Å². The van der Waals surface area contributed by atoms with Crippen LogP contribution in [0.2, 0.25) is 10.0 Å². The summed E-state index contributed by atoms with van der Waals surface area (Å²) < 4.78 is 25.6. The number of benzene rings is 1. The van der Waals surface area contributed by atoms with Crippen molar-refractivity contribution in [3.63, 3.8) is 0 Å². The topological polar surface area (TPSA) is 110 Å². The molecule has 1 amide bonds. The van der Waals surface area contributed by atoms with E-state index in [9.17, 15) is 23.3 Å². The van der Waals surface area contributed by atoms with Gasteiger partial charge in [0.05, 0.1) is 16.5 Å². The molecule has 0 aromatic heterocycles. The highest BCUT2D eigenvalue weighted by molar-refractivity contribution is 7.90. The van der Waals surface area contributed by atoms with Gasteiger partial charge in [-0.2, -0.15) is 0 Å². The van der Waals surface area contributed by atoms with E-state index in [0.717, 1.165) is 12.1 Å². The molecule has 114 valence electrons. The van der Waals surface area contributed by atoms with Crippen LogP contribution in [-0.4, -0.2) is 43.2 Å². The van der Waals surface area contributed by atoms with Gasteiger partial charge in [-0.15, -0.1) is 0 Å². The number of carbonyl (C=O) groups is 1. The Labute approximate surface area is 129 Å². The summed E-state index contributed by atoms with van der Waals surface area (Å²) in [7, 11) is -4.42. The molecule has 1 N–H and O–H groups in total. The third-order valence-corrected chi connectivity index (χ3v) is 5.32. The van der Waals surface area contributed by atoms with E-state index in [4.69, 9.17) is 23.2 Å². The Morgan fingerprint density at radius 3 is 2.57 bits per heavy atom. The molecule has 0 unspecified atom stereocenters. The summed E-state index contributed by atoms with van der Waals surface area (Å²) in [5.41, 5.74) is -0.765. The van der Waals surface area contributed by atoms with Crippen molar-refractivity contribution in [1.82, 2.24) is 9.62 Å². The Balaban J connectivity index is 2.64. The van der Waals surface area contributed by atoms with Crippen LogP contribution in [0.15, 0.2) is 17.0 Å². The number of nitrogens with one attached hydrogen (secondary N) is 1. The van der Waals surface area contributed by atoms with Crippen LogP contribution in [0.3, 0.4) is 0 Å². The number of nitrogens with zero attached hydrogens (tertiary/aromatic N) is 2. The first-order valence-corrected chi connectivity index (χ1v) is 7.84. The van der Waals surface area contributed by atoms with E-state index < -0.39 is 36.5 Å². The van der Waals surface area contributed by atoms with Gasteiger partial charge in [0.15, 0.2) is 4.90 Å². The van der Waals surface area contributed by atoms with Crippen molar-refractivity contribution in [2.45, 2.75) is 4.90 Å². The van der Waals surface area contributed by atoms with Crippen LogP contribution < -0.4 is 5.32 Å². The summed E-state index contributed by atoms with van der Waals surface area (Å²) in [6.45, 7) is -0.0422. The molecule has 21 heavy (non-hydrogen) atoms. The van der Waals surface area contributed by atoms with Crippen LogP contribution in [-0.2, 0) is 14.8 Å². The second-order valence-corrected chi connectivity index (χ2v) is 6.78. The van der Waals surface area contributed by atoms with E-state index in [2.05, 4.69) is 5.32 Å². The molecule has 1 aliphatic heterocycles. The highest BCUT2D eigenvalue weighted by atomic mass is 35.5. The summed E-state index contributed by atoms with van der Waals surface area (Å²) in [4.78, 5) is 21.1. The predicted octanol–water partition coefficient (Wildman–Crippen LogP) is 1.02. The fourth-order valence-corrected chi connectivity index (χ4v) is 4.25. The molecule has 1 fully saturated rings. The van der Waals surface area contributed by atoms with Crippen molar-refractivity contribution >= 4 is 44.8 Å². The minimum Gasteiger partial charge on any atom is -0.307 e. The molecule has 0 saturated carbocycles. The molecule has 8 nitrogen and oxygen atoms in total. The van der Waals surface area contributed by atoms with E-state index in [-0.39, 0.29) is 24.7 Å². The average Bonchev–Trinajstić information content (AvgIpc) is 2.37. The lowest BCUT2D eigenvalue weighted by molar-refractivity contribution is -0.387. The molecule has 0 atom stereocenters. The molecule has 0 aliphatic carbocycles. The molecule has 1 aromatic rings. The SMILES string of the molecule is O=C1CNCCN1S(=O)(=O)c1c(Cl)cc(Cl)cc1[N+](=O)[O-]. The van der Waals surface area contributed by atoms with Crippen molar-refractivity contribution in [3.05, 3.63) is 32.3 Å². The third kappa shape index (κ3) is 2.95. The lowest BCUT2D eigenvalue weighted by atomic mass is 10.3. The zero-order valence-electron chi connectivity index (χ0n) is 10.4. The minimum absolute atomic E-state index is 0.0720. The Hall–Kier alpha value is -1.42. The van der Waals surface area contributed by atoms with Gasteiger partial charge in [0.25, 0.3) is 15.7 Å². The number of hydrogen-bond donors (Lipinski definition) is 1. The van der Waals surface area contributed by atoms with Gasteiger partial charge in [-0.25, -0.2) is 12.7 Å². The van der Waals surface area contributed by atoms with Crippen molar-refractivity contribution in [2.75, 3.05) is 19.6 Å². The number of sulfonamides is 1. The van der Waals surface area contributed by atoms with Gasteiger partial charge >= 0.3 is 0 Å². The third-order valence-electron chi connectivity index (χ3n) is 2.78. The highest BCUT2D eigenvalue weighted by Gasteiger charge is 2.38. The van der Waals surface area contributed by atoms with E-state index in [1.807, 2.05) is 0 Å². The summed E-state index contributed by atoms with van der Waals surface area (Å²) in [6.07, 6.45) is 0. The minimum atomic E-state index is -4.42. The number of rotatable bonds is 3. The summed E-state index contributed by atoms with van der Waals surface area (Å²) >= 11 is 11.5. The van der Waals surface area contributed by atoms with Crippen LogP contribution in [0.5, 0.6) is 0 Å². The van der Waals surface area contributed by atoms with Crippen LogP contribution in [0.25, 0.3) is 0 Å². The standard InChI is InChI=1S/C10H9Cl2N3O5S/c11-6-3-7(12)10(8(4-6)15(17)18)21(19,20)14-2-1-13-5-9(14)16/h3-4,13H,1-2,5H2. The van der Waals surface area contributed by atoms with E-state index >= 15 is 0 Å². The molecular weight excluding hydrogens is 345 g/mol. The first kappa shape index (κ1) is 16.0. The predicted molar refractivity (Wildman–Crippen MR) is 74.9 cm³/mol. The first-order valence-electron chi connectivity index (χ1n) is 5.65. The van der Waals surface area contributed by atoms with Crippen LogP contribution >= 0.6 is 23.2 Å². The number of piperazine rings is 1. The van der Waals surface area contributed by atoms with Crippen LogP contribution in [0, 0.1) is 10.1 Å². The molecule has 0 spiro atoms. The van der Waals surface area contributed by atoms with E-state index in [0.29, 0.717) is 4.31 Å². The molecule has 0 bridgehead atoms. The van der Waals surface area contributed by atoms with Crippen molar-refractivity contribution in [1.29, 1.82) is 0 Å². The smallest absolute Gasteiger partial charge is 0.292 e. The zero-order chi connectivity index (χ0) is 15.8. The number of nitro benzene ring substituents is 1. The fraction of sp³-hybridized carbons (Fsp3) is 0.300. The lowest BCUT2D eigenvalue weighted by Crippen LogP contribution is -2.50. The van der Waals surface area contributed by atoms with Gasteiger partial charge in [-0.05, 0) is 6.07 Å². The van der Waals surface area contributed by atoms with Gasteiger partial charge in [0.1, 0.15) is 0 Å². The zero-order valence-corrected chi connectivity index (χ0v) is 12.7. The lowest BCUT2D eigenvalue weighted by Gasteiger charge is -2.26. The number of amides is 1. The monoisotopic (exact) mass is 353 g/mol. The molecular formula is C10H9Cl2N3O5S. The second-order valence-electron chi connectivity index (χ2n) is 4.14. The van der Waals surface area contributed by atoms with Crippen molar-refractivity contribution in [2.24, 2.45) is 0 Å². The van der Waals surface area contributed by atoms with Gasteiger partial charge in [-0.1, -0.05) is 23.2 Å². The van der Waals surface area contributed by atoms with Crippen molar-refractivity contribution < 1.29 is 18.1 Å². The molecule has 2 rings (SSSR count). The summed E-state index contributed by atoms with van der Waals surface area (Å²) in [6, 6.07) is 1.96. The Bertz CT molecular complexity index is 722. The molecule has 0 radical (unpaired) electrons. The maximum absolute atomic E-state index is 12.5. The first-order chi connectivity index (χ1) is 9.75. The van der Waals surface area contributed by atoms with Crippen molar-refractivity contribution in [3.8, 4) is 0 Å². The number of halogens is 2. The quantitative estimate of drug-likeness (QED) is 0.641. The van der Waals surface area contributed by atoms with E-state index in [1.54, 1.807) is 0 Å². The molecule has 1 heterocycles.